The number of anilines is 1. The third-order valence-corrected chi connectivity index (χ3v) is 5.07. The Labute approximate surface area is 167 Å². The van der Waals surface area contributed by atoms with Gasteiger partial charge in [0.2, 0.25) is 0 Å². The van der Waals surface area contributed by atoms with Crippen molar-refractivity contribution in [2.45, 2.75) is 26.9 Å². The van der Waals surface area contributed by atoms with Gasteiger partial charge in [-0.3, -0.25) is 9.36 Å². The standard InChI is InChI=1S/C20H17F3N4O3/c1-7-4-5-11(28)9(3)14(7)27-15-12(13(18(27)24)19(25)29)17(20(21,22)23)26-10-6-8(2)30-16(10)15/h4-6,28H,24H2,1-3H3,(H2,25,29). The van der Waals surface area contributed by atoms with E-state index in [4.69, 9.17) is 15.9 Å². The number of aryl methyl sites for hydroxylation is 2. The Morgan fingerprint density at radius 2 is 1.90 bits per heavy atom. The Morgan fingerprint density at radius 3 is 2.50 bits per heavy atom. The van der Waals surface area contributed by atoms with E-state index >= 15 is 0 Å². The van der Waals surface area contributed by atoms with Crippen LogP contribution in [0.2, 0.25) is 0 Å². The Kier molecular flexibility index (Phi) is 4.02. The molecule has 4 rings (SSSR count). The normalized spacial score (nSPS) is 12.2. The summed E-state index contributed by atoms with van der Waals surface area (Å²) in [4.78, 5) is 15.9. The molecule has 3 aromatic heterocycles. The number of aromatic nitrogens is 2. The summed E-state index contributed by atoms with van der Waals surface area (Å²) < 4.78 is 48.7. The molecule has 0 spiro atoms. The van der Waals surface area contributed by atoms with E-state index in [1.807, 2.05) is 0 Å². The molecule has 30 heavy (non-hydrogen) atoms. The maximum atomic E-state index is 13.9. The molecule has 0 fully saturated rings. The molecule has 0 saturated carbocycles. The second-order valence-corrected chi connectivity index (χ2v) is 7.09. The smallest absolute Gasteiger partial charge is 0.434 e. The van der Waals surface area contributed by atoms with E-state index in [0.29, 0.717) is 22.6 Å². The van der Waals surface area contributed by atoms with Crippen molar-refractivity contribution in [3.05, 3.63) is 46.3 Å². The molecule has 7 nitrogen and oxygen atoms in total. The molecule has 10 heteroatoms. The van der Waals surface area contributed by atoms with Gasteiger partial charge in [-0.2, -0.15) is 13.2 Å². The number of primary amides is 1. The number of furan rings is 1. The SMILES string of the molecule is Cc1cc2nc(C(F)(F)F)c3c(C(N)=O)c(N)n(-c4c(C)ccc(O)c4C)c3c2o1. The average molecular weight is 418 g/mol. The summed E-state index contributed by atoms with van der Waals surface area (Å²) in [6.07, 6.45) is -4.89. The number of pyridine rings is 1. The number of hydrogen-bond acceptors (Lipinski definition) is 5. The van der Waals surface area contributed by atoms with E-state index in [0.717, 1.165) is 0 Å². The van der Waals surface area contributed by atoms with Gasteiger partial charge in [0.1, 0.15) is 28.4 Å². The third-order valence-electron chi connectivity index (χ3n) is 5.07. The van der Waals surface area contributed by atoms with Crippen molar-refractivity contribution in [3.8, 4) is 11.4 Å². The highest BCUT2D eigenvalue weighted by molar-refractivity contribution is 6.17. The summed E-state index contributed by atoms with van der Waals surface area (Å²) in [5.41, 5.74) is 11.0. The minimum absolute atomic E-state index is 0.0249. The second kappa shape index (κ2) is 6.15. The van der Waals surface area contributed by atoms with Crippen molar-refractivity contribution >= 4 is 33.7 Å². The number of amides is 1. The first-order valence-corrected chi connectivity index (χ1v) is 8.84. The zero-order chi connectivity index (χ0) is 22.1. The van der Waals surface area contributed by atoms with Gasteiger partial charge >= 0.3 is 6.18 Å². The van der Waals surface area contributed by atoms with Crippen molar-refractivity contribution in [1.82, 2.24) is 9.55 Å². The molecule has 0 saturated heterocycles. The van der Waals surface area contributed by atoms with Crippen LogP contribution in [0.15, 0.2) is 22.6 Å². The van der Waals surface area contributed by atoms with Gasteiger partial charge in [-0.1, -0.05) is 6.07 Å². The molecule has 4 aromatic rings. The lowest BCUT2D eigenvalue weighted by atomic mass is 10.1. The summed E-state index contributed by atoms with van der Waals surface area (Å²) in [7, 11) is 0. The second-order valence-electron chi connectivity index (χ2n) is 7.09. The molecule has 0 bridgehead atoms. The van der Waals surface area contributed by atoms with Crippen LogP contribution >= 0.6 is 0 Å². The van der Waals surface area contributed by atoms with Crippen LogP contribution in [0.3, 0.4) is 0 Å². The number of fused-ring (bicyclic) bond motifs is 3. The minimum Gasteiger partial charge on any atom is -0.508 e. The van der Waals surface area contributed by atoms with Crippen molar-refractivity contribution in [1.29, 1.82) is 0 Å². The van der Waals surface area contributed by atoms with Crippen molar-refractivity contribution in [3.63, 3.8) is 0 Å². The van der Waals surface area contributed by atoms with Gasteiger partial charge in [-0.05, 0) is 32.4 Å². The first-order valence-electron chi connectivity index (χ1n) is 8.84. The lowest BCUT2D eigenvalue weighted by Gasteiger charge is -2.16. The number of phenolic OH excluding ortho intramolecular Hbond substituents is 1. The van der Waals surface area contributed by atoms with E-state index < -0.39 is 28.7 Å². The molecule has 0 atom stereocenters. The molecule has 3 heterocycles. The highest BCUT2D eigenvalue weighted by Gasteiger charge is 2.40. The van der Waals surface area contributed by atoms with Gasteiger partial charge in [0.25, 0.3) is 5.91 Å². The number of alkyl halides is 3. The van der Waals surface area contributed by atoms with Gasteiger partial charge in [-0.25, -0.2) is 4.98 Å². The first-order chi connectivity index (χ1) is 13.9. The number of carbonyl (C=O) groups excluding carboxylic acids is 1. The van der Waals surface area contributed by atoms with Gasteiger partial charge in [0.05, 0.1) is 11.3 Å². The predicted octanol–water partition coefficient (Wildman–Crippen LogP) is 4.10. The molecule has 0 aliphatic rings. The monoisotopic (exact) mass is 418 g/mol. The number of nitrogens with two attached hydrogens (primary N) is 2. The average Bonchev–Trinajstić information content (AvgIpc) is 3.14. The Bertz CT molecular complexity index is 1370. The molecule has 1 aromatic carbocycles. The Hall–Kier alpha value is -3.69. The summed E-state index contributed by atoms with van der Waals surface area (Å²) in [6.45, 7) is 4.86. The largest absolute Gasteiger partial charge is 0.508 e. The number of aromatic hydroxyl groups is 1. The molecular formula is C20H17F3N4O3. The van der Waals surface area contributed by atoms with Crippen LogP contribution in [0.25, 0.3) is 27.7 Å². The quantitative estimate of drug-likeness (QED) is 0.453. The summed E-state index contributed by atoms with van der Waals surface area (Å²) >= 11 is 0. The van der Waals surface area contributed by atoms with E-state index in [1.165, 1.54) is 16.7 Å². The van der Waals surface area contributed by atoms with E-state index in [-0.39, 0.29) is 28.2 Å². The lowest BCUT2D eigenvalue weighted by Crippen LogP contribution is -2.16. The maximum absolute atomic E-state index is 13.9. The van der Waals surface area contributed by atoms with Gasteiger partial charge < -0.3 is 21.0 Å². The fourth-order valence-corrected chi connectivity index (χ4v) is 3.82. The molecule has 0 aliphatic heterocycles. The number of carbonyl (C=O) groups is 1. The van der Waals surface area contributed by atoms with E-state index in [9.17, 15) is 23.1 Å². The Morgan fingerprint density at radius 1 is 1.23 bits per heavy atom. The lowest BCUT2D eigenvalue weighted by molar-refractivity contribution is -0.139. The summed E-state index contributed by atoms with van der Waals surface area (Å²) in [5, 5.41) is 9.66. The highest BCUT2D eigenvalue weighted by Crippen LogP contribution is 2.44. The number of nitrogens with zero attached hydrogens (tertiary/aromatic N) is 2. The zero-order valence-electron chi connectivity index (χ0n) is 16.2. The number of nitrogen functional groups attached to an aromatic ring is 1. The van der Waals surface area contributed by atoms with Crippen molar-refractivity contribution < 1.29 is 27.5 Å². The molecular weight excluding hydrogens is 401 g/mol. The van der Waals surface area contributed by atoms with Crippen LogP contribution in [0.4, 0.5) is 19.0 Å². The van der Waals surface area contributed by atoms with Crippen LogP contribution < -0.4 is 11.5 Å². The Balaban J connectivity index is 2.38. The molecule has 1 amide bonds. The number of phenols is 1. The van der Waals surface area contributed by atoms with Crippen LogP contribution in [0, 0.1) is 20.8 Å². The highest BCUT2D eigenvalue weighted by atomic mass is 19.4. The van der Waals surface area contributed by atoms with Crippen molar-refractivity contribution in [2.75, 3.05) is 5.73 Å². The predicted molar refractivity (Wildman–Crippen MR) is 105 cm³/mol. The van der Waals surface area contributed by atoms with Crippen LogP contribution in [-0.4, -0.2) is 20.6 Å². The minimum atomic E-state index is -4.89. The van der Waals surface area contributed by atoms with E-state index in [1.54, 1.807) is 26.8 Å². The fraction of sp³-hybridized carbons (Fsp3) is 0.200. The maximum Gasteiger partial charge on any atom is 0.434 e. The topological polar surface area (TPSA) is 120 Å². The van der Waals surface area contributed by atoms with Gasteiger partial charge in [0.15, 0.2) is 11.3 Å². The van der Waals surface area contributed by atoms with Crippen molar-refractivity contribution in [2.24, 2.45) is 5.73 Å². The van der Waals surface area contributed by atoms with Gasteiger partial charge in [0, 0.05) is 17.0 Å². The molecule has 0 aliphatic carbocycles. The third kappa shape index (κ3) is 2.60. The summed E-state index contributed by atoms with van der Waals surface area (Å²) in [6, 6.07) is 4.41. The number of rotatable bonds is 2. The first kappa shape index (κ1) is 19.6. The number of hydrogen-bond donors (Lipinski definition) is 3. The number of benzene rings is 1. The fourth-order valence-electron chi connectivity index (χ4n) is 3.82. The van der Waals surface area contributed by atoms with Crippen LogP contribution in [0.1, 0.15) is 32.9 Å². The number of halogens is 3. The zero-order valence-corrected chi connectivity index (χ0v) is 16.2. The van der Waals surface area contributed by atoms with Crippen LogP contribution in [-0.2, 0) is 6.18 Å². The molecule has 156 valence electrons. The molecule has 5 N–H and O–H groups in total. The van der Waals surface area contributed by atoms with Crippen LogP contribution in [0.5, 0.6) is 5.75 Å². The molecule has 0 radical (unpaired) electrons. The van der Waals surface area contributed by atoms with E-state index in [2.05, 4.69) is 4.98 Å². The summed E-state index contributed by atoms with van der Waals surface area (Å²) in [5.74, 6) is -1.20. The van der Waals surface area contributed by atoms with Gasteiger partial charge in [-0.15, -0.1) is 0 Å². The molecule has 0 unspecified atom stereocenters.